The molecule has 0 amide bonds. The zero-order valence-electron chi connectivity index (χ0n) is 12.5. The van der Waals surface area contributed by atoms with Crippen molar-refractivity contribution in [1.29, 1.82) is 0 Å². The van der Waals surface area contributed by atoms with E-state index in [0.29, 0.717) is 35.4 Å². The molecule has 0 bridgehead atoms. The Morgan fingerprint density at radius 3 is 2.42 bits per heavy atom. The van der Waals surface area contributed by atoms with E-state index in [4.69, 9.17) is 11.6 Å². The van der Waals surface area contributed by atoms with Crippen LogP contribution in [-0.2, 0) is 6.18 Å². The van der Waals surface area contributed by atoms with Gasteiger partial charge in [0.25, 0.3) is 0 Å². The number of nitrogens with one attached hydrogen (secondary N) is 1. The summed E-state index contributed by atoms with van der Waals surface area (Å²) in [7, 11) is 0. The number of benzene rings is 1. The fourth-order valence-corrected chi connectivity index (χ4v) is 4.19. The number of thiophene rings is 1. The molecule has 1 fully saturated rings. The zero-order valence-corrected chi connectivity index (χ0v) is 14.1. The summed E-state index contributed by atoms with van der Waals surface area (Å²) in [6.45, 7) is 2.36. The van der Waals surface area contributed by atoms with Gasteiger partial charge >= 0.3 is 6.18 Å². The Morgan fingerprint density at radius 1 is 1.12 bits per heavy atom. The standard InChI is InChI=1S/C16H15ClF4N2S/c17-13-5-4-12(24-13)15(23-8-6-22-7-9-23)14-10(16(19,20)21)2-1-3-11(14)18/h1-5,15,22H,6-9H2/t15-/m0/s1. The van der Waals surface area contributed by atoms with Gasteiger partial charge in [-0.1, -0.05) is 17.7 Å². The van der Waals surface area contributed by atoms with Crippen LogP contribution in [0.4, 0.5) is 17.6 Å². The average molecular weight is 379 g/mol. The topological polar surface area (TPSA) is 15.3 Å². The van der Waals surface area contributed by atoms with Gasteiger partial charge in [0.2, 0.25) is 0 Å². The van der Waals surface area contributed by atoms with Crippen LogP contribution in [0, 0.1) is 5.82 Å². The molecule has 0 radical (unpaired) electrons. The SMILES string of the molecule is Fc1cccc(C(F)(F)F)c1[C@H](c1ccc(Cl)s1)N1CCNCC1. The first kappa shape index (κ1) is 17.7. The van der Waals surface area contributed by atoms with Gasteiger partial charge in [-0.2, -0.15) is 13.2 Å². The molecule has 2 aromatic rings. The van der Waals surface area contributed by atoms with E-state index in [-0.39, 0.29) is 5.56 Å². The Hall–Kier alpha value is -1.15. The van der Waals surface area contributed by atoms with Gasteiger partial charge in [-0.05, 0) is 24.3 Å². The predicted molar refractivity (Wildman–Crippen MR) is 87.0 cm³/mol. The summed E-state index contributed by atoms with van der Waals surface area (Å²) in [6.07, 6.45) is -4.62. The summed E-state index contributed by atoms with van der Waals surface area (Å²) in [4.78, 5) is 2.48. The molecule has 1 saturated heterocycles. The highest BCUT2D eigenvalue weighted by atomic mass is 35.5. The molecule has 0 saturated carbocycles. The van der Waals surface area contributed by atoms with E-state index in [1.807, 2.05) is 4.90 Å². The number of nitrogens with zero attached hydrogens (tertiary/aromatic N) is 1. The van der Waals surface area contributed by atoms with Crippen LogP contribution in [0.3, 0.4) is 0 Å². The van der Waals surface area contributed by atoms with Crippen molar-refractivity contribution in [2.45, 2.75) is 12.2 Å². The molecule has 0 aliphatic carbocycles. The Labute approximate surface area is 146 Å². The lowest BCUT2D eigenvalue weighted by molar-refractivity contribution is -0.138. The molecule has 1 aromatic carbocycles. The van der Waals surface area contributed by atoms with Gasteiger partial charge in [-0.15, -0.1) is 11.3 Å². The van der Waals surface area contributed by atoms with Crippen LogP contribution in [0.5, 0.6) is 0 Å². The quantitative estimate of drug-likeness (QED) is 0.788. The second-order valence-electron chi connectivity index (χ2n) is 5.53. The van der Waals surface area contributed by atoms with Crippen molar-refractivity contribution in [3.8, 4) is 0 Å². The van der Waals surface area contributed by atoms with Crippen LogP contribution in [0.2, 0.25) is 4.34 Å². The summed E-state index contributed by atoms with van der Waals surface area (Å²) >= 11 is 7.15. The maximum Gasteiger partial charge on any atom is 0.416 e. The van der Waals surface area contributed by atoms with Crippen LogP contribution in [-0.4, -0.2) is 31.1 Å². The zero-order chi connectivity index (χ0) is 17.3. The van der Waals surface area contributed by atoms with E-state index in [9.17, 15) is 17.6 Å². The van der Waals surface area contributed by atoms with E-state index < -0.39 is 23.6 Å². The van der Waals surface area contributed by atoms with Crippen molar-refractivity contribution in [1.82, 2.24) is 10.2 Å². The summed E-state index contributed by atoms with van der Waals surface area (Å²) < 4.78 is 55.3. The summed E-state index contributed by atoms with van der Waals surface area (Å²) in [5.74, 6) is -0.849. The molecule has 24 heavy (non-hydrogen) atoms. The van der Waals surface area contributed by atoms with Gasteiger partial charge in [0.05, 0.1) is 15.9 Å². The number of alkyl halides is 3. The van der Waals surface area contributed by atoms with E-state index in [1.165, 1.54) is 11.3 Å². The smallest absolute Gasteiger partial charge is 0.314 e. The van der Waals surface area contributed by atoms with Crippen molar-refractivity contribution < 1.29 is 17.6 Å². The number of halogens is 5. The number of piperazine rings is 1. The summed E-state index contributed by atoms with van der Waals surface area (Å²) in [6, 6.07) is 5.61. The minimum absolute atomic E-state index is 0.328. The van der Waals surface area contributed by atoms with E-state index >= 15 is 0 Å². The van der Waals surface area contributed by atoms with Crippen molar-refractivity contribution in [3.05, 3.63) is 56.5 Å². The number of hydrogen-bond donors (Lipinski definition) is 1. The molecule has 8 heteroatoms. The van der Waals surface area contributed by atoms with E-state index in [1.54, 1.807) is 12.1 Å². The van der Waals surface area contributed by atoms with Crippen molar-refractivity contribution >= 4 is 22.9 Å². The highest BCUT2D eigenvalue weighted by molar-refractivity contribution is 7.16. The minimum atomic E-state index is -4.62. The molecule has 1 aromatic heterocycles. The molecular formula is C16H15ClF4N2S. The second kappa shape index (κ2) is 7.00. The maximum atomic E-state index is 14.5. The van der Waals surface area contributed by atoms with Gasteiger partial charge < -0.3 is 5.32 Å². The third-order valence-electron chi connectivity index (χ3n) is 4.01. The first-order valence-electron chi connectivity index (χ1n) is 7.43. The Morgan fingerprint density at radius 2 is 1.83 bits per heavy atom. The molecule has 2 nitrogen and oxygen atoms in total. The van der Waals surface area contributed by atoms with Gasteiger partial charge in [0.1, 0.15) is 5.82 Å². The summed E-state index contributed by atoms with van der Waals surface area (Å²) in [5.41, 5.74) is -1.26. The Kier molecular flexibility index (Phi) is 5.15. The molecular weight excluding hydrogens is 364 g/mol. The van der Waals surface area contributed by atoms with Crippen LogP contribution >= 0.6 is 22.9 Å². The molecule has 1 aliphatic rings. The number of hydrogen-bond acceptors (Lipinski definition) is 3. The molecule has 0 unspecified atom stereocenters. The van der Waals surface area contributed by atoms with Crippen LogP contribution < -0.4 is 5.32 Å². The van der Waals surface area contributed by atoms with Gasteiger partial charge in [-0.25, -0.2) is 4.39 Å². The molecule has 0 spiro atoms. The molecule has 2 heterocycles. The van der Waals surface area contributed by atoms with Crippen LogP contribution in [0.1, 0.15) is 22.0 Å². The Bertz CT molecular complexity index is 710. The third kappa shape index (κ3) is 3.59. The first-order chi connectivity index (χ1) is 11.4. The predicted octanol–water partition coefficient (Wildman–Crippen LogP) is 4.55. The van der Waals surface area contributed by atoms with Crippen LogP contribution in [0.15, 0.2) is 30.3 Å². The second-order valence-corrected chi connectivity index (χ2v) is 7.28. The third-order valence-corrected chi connectivity index (χ3v) is 5.30. The Balaban J connectivity index is 2.15. The fraction of sp³-hybridized carbons (Fsp3) is 0.375. The van der Waals surface area contributed by atoms with Gasteiger partial charge in [0, 0.05) is 36.6 Å². The first-order valence-corrected chi connectivity index (χ1v) is 8.63. The van der Waals surface area contributed by atoms with Gasteiger partial charge in [0.15, 0.2) is 0 Å². The largest absolute Gasteiger partial charge is 0.416 e. The monoisotopic (exact) mass is 378 g/mol. The number of rotatable bonds is 3. The summed E-state index contributed by atoms with van der Waals surface area (Å²) in [5, 5.41) is 3.16. The van der Waals surface area contributed by atoms with Crippen molar-refractivity contribution in [2.75, 3.05) is 26.2 Å². The lowest BCUT2D eigenvalue weighted by atomic mass is 9.96. The maximum absolute atomic E-state index is 14.5. The highest BCUT2D eigenvalue weighted by Crippen LogP contribution is 2.42. The van der Waals surface area contributed by atoms with Gasteiger partial charge in [-0.3, -0.25) is 4.90 Å². The lowest BCUT2D eigenvalue weighted by Gasteiger charge is -2.36. The fourth-order valence-electron chi connectivity index (χ4n) is 2.98. The molecule has 1 atom stereocenters. The van der Waals surface area contributed by atoms with E-state index in [0.717, 1.165) is 18.2 Å². The molecule has 1 aliphatic heterocycles. The van der Waals surface area contributed by atoms with Crippen molar-refractivity contribution in [3.63, 3.8) is 0 Å². The lowest BCUT2D eigenvalue weighted by Crippen LogP contribution is -2.45. The minimum Gasteiger partial charge on any atom is -0.314 e. The molecule has 3 rings (SSSR count). The normalized spacial score (nSPS) is 17.9. The highest BCUT2D eigenvalue weighted by Gasteiger charge is 2.39. The molecule has 1 N–H and O–H groups in total. The van der Waals surface area contributed by atoms with E-state index in [2.05, 4.69) is 5.32 Å². The van der Waals surface area contributed by atoms with Crippen LogP contribution in [0.25, 0.3) is 0 Å². The molecule has 130 valence electrons. The average Bonchev–Trinajstić information content (AvgIpc) is 2.95. The van der Waals surface area contributed by atoms with Crippen molar-refractivity contribution in [2.24, 2.45) is 0 Å².